The number of carbonyl (C=O) groups is 1. The van der Waals surface area contributed by atoms with Crippen LogP contribution in [0.1, 0.15) is 0 Å². The molecule has 3 heteroatoms. The fourth-order valence-electron chi connectivity index (χ4n) is 0.373. The Bertz CT molecular complexity index is 149. The summed E-state index contributed by atoms with van der Waals surface area (Å²) in [6.07, 6.45) is 3.92. The van der Waals surface area contributed by atoms with Crippen molar-refractivity contribution in [3.8, 4) is 0 Å². The minimum atomic E-state index is -0.0289. The Morgan fingerprint density at radius 2 is 2.62 bits per heavy atom. The van der Waals surface area contributed by atoms with Gasteiger partial charge in [-0.3, -0.25) is 4.79 Å². The van der Waals surface area contributed by atoms with E-state index in [9.17, 15) is 4.79 Å². The number of hydrogen-bond acceptors (Lipinski definition) is 3. The van der Waals surface area contributed by atoms with Gasteiger partial charge in [0.1, 0.15) is 6.54 Å². The molecule has 0 saturated heterocycles. The van der Waals surface area contributed by atoms with Crippen LogP contribution in [0, 0.1) is 0 Å². The zero-order chi connectivity index (χ0) is 5.82. The zero-order valence-corrected chi connectivity index (χ0v) is 4.20. The summed E-state index contributed by atoms with van der Waals surface area (Å²) in [6, 6.07) is 0. The molecular formula is C5H5NO2. The predicted molar refractivity (Wildman–Crippen MR) is 28.6 cm³/mol. The molecule has 0 radical (unpaired) electrons. The van der Waals surface area contributed by atoms with Gasteiger partial charge in [0.2, 0.25) is 0 Å². The molecule has 0 amide bonds. The highest BCUT2D eigenvalue weighted by molar-refractivity contribution is 5.92. The van der Waals surface area contributed by atoms with Crippen molar-refractivity contribution in [2.45, 2.75) is 0 Å². The third kappa shape index (κ3) is 1.18. The molecule has 1 aliphatic heterocycles. The van der Waals surface area contributed by atoms with Crippen LogP contribution in [0.2, 0.25) is 0 Å². The number of nitrogens with zero attached hydrogens (tertiary/aromatic N) is 1. The van der Waals surface area contributed by atoms with Gasteiger partial charge in [-0.25, -0.2) is 4.99 Å². The van der Waals surface area contributed by atoms with Gasteiger partial charge in [-0.2, -0.15) is 0 Å². The highest BCUT2D eigenvalue weighted by atomic mass is 16.5. The number of ether oxygens (including phenoxy) is 1. The summed E-state index contributed by atoms with van der Waals surface area (Å²) < 4.78 is 4.57. The van der Waals surface area contributed by atoms with Crippen LogP contribution in [0.15, 0.2) is 17.3 Å². The van der Waals surface area contributed by atoms with Gasteiger partial charge in [-0.15, -0.1) is 0 Å². The van der Waals surface area contributed by atoms with Crippen molar-refractivity contribution in [2.75, 3.05) is 6.54 Å². The molecule has 3 nitrogen and oxygen atoms in total. The Morgan fingerprint density at radius 3 is 3.50 bits per heavy atom. The highest BCUT2D eigenvalue weighted by Gasteiger charge is 1.94. The monoisotopic (exact) mass is 111 g/mol. The summed E-state index contributed by atoms with van der Waals surface area (Å²) in [5.74, 6) is -0.0289. The average Bonchev–Trinajstić information content (AvgIpc) is 1.94. The van der Waals surface area contributed by atoms with E-state index in [4.69, 9.17) is 0 Å². The van der Waals surface area contributed by atoms with Crippen LogP contribution >= 0.6 is 0 Å². The summed E-state index contributed by atoms with van der Waals surface area (Å²) >= 11 is 0. The molecule has 0 aromatic carbocycles. The van der Waals surface area contributed by atoms with Gasteiger partial charge in [-0.1, -0.05) is 0 Å². The van der Waals surface area contributed by atoms with Gasteiger partial charge < -0.3 is 4.74 Å². The summed E-state index contributed by atoms with van der Waals surface area (Å²) in [7, 11) is 0. The summed E-state index contributed by atoms with van der Waals surface area (Å²) in [6.45, 7) is 0.205. The molecule has 0 aromatic heterocycles. The molecule has 8 heavy (non-hydrogen) atoms. The number of ketones is 1. The maximum absolute atomic E-state index is 10.4. The van der Waals surface area contributed by atoms with Crippen LogP contribution in [0.5, 0.6) is 0 Å². The Kier molecular flexibility index (Phi) is 1.42. The first-order chi connectivity index (χ1) is 3.89. The molecule has 0 aromatic rings. The number of aliphatic imine (C=N–C) groups is 1. The lowest BCUT2D eigenvalue weighted by Crippen LogP contribution is -1.94. The standard InChI is InChI=1S/C5H5NO2/c7-5-1-2-8-4-6-3-5/h1-2,4H,3H2. The quantitative estimate of drug-likeness (QED) is 0.445. The van der Waals surface area contributed by atoms with Crippen LogP contribution in [0.3, 0.4) is 0 Å². The zero-order valence-electron chi connectivity index (χ0n) is 4.20. The smallest absolute Gasteiger partial charge is 0.180 e. The van der Waals surface area contributed by atoms with Gasteiger partial charge in [0.25, 0.3) is 0 Å². The normalized spacial score (nSPS) is 17.8. The third-order valence-electron chi connectivity index (χ3n) is 0.715. The molecule has 1 rings (SSSR count). The van der Waals surface area contributed by atoms with Crippen molar-refractivity contribution < 1.29 is 9.53 Å². The van der Waals surface area contributed by atoms with Crippen molar-refractivity contribution in [1.82, 2.24) is 0 Å². The van der Waals surface area contributed by atoms with Crippen LogP contribution in [0.4, 0.5) is 0 Å². The Labute approximate surface area is 46.7 Å². The first kappa shape index (κ1) is 5.03. The SMILES string of the molecule is O=C1C=COC=NC1. The van der Waals surface area contributed by atoms with E-state index in [-0.39, 0.29) is 12.3 Å². The first-order valence-corrected chi connectivity index (χ1v) is 2.23. The fraction of sp³-hybridized carbons (Fsp3) is 0.200. The summed E-state index contributed by atoms with van der Waals surface area (Å²) in [5.41, 5.74) is 0. The summed E-state index contributed by atoms with van der Waals surface area (Å²) in [4.78, 5) is 14.0. The second-order valence-corrected chi connectivity index (χ2v) is 1.35. The predicted octanol–water partition coefficient (Wildman–Crippen LogP) is 0.128. The van der Waals surface area contributed by atoms with Crippen molar-refractivity contribution in [1.29, 1.82) is 0 Å². The van der Waals surface area contributed by atoms with E-state index >= 15 is 0 Å². The molecule has 0 N–H and O–H groups in total. The van der Waals surface area contributed by atoms with Crippen molar-refractivity contribution >= 4 is 12.2 Å². The van der Waals surface area contributed by atoms with Gasteiger partial charge in [0.15, 0.2) is 12.2 Å². The lowest BCUT2D eigenvalue weighted by atomic mass is 10.4. The van der Waals surface area contributed by atoms with E-state index in [2.05, 4.69) is 9.73 Å². The number of carbonyl (C=O) groups excluding carboxylic acids is 1. The van der Waals surface area contributed by atoms with E-state index in [0.29, 0.717) is 0 Å². The highest BCUT2D eigenvalue weighted by Crippen LogP contribution is 1.84. The maximum Gasteiger partial charge on any atom is 0.180 e. The van der Waals surface area contributed by atoms with Crippen molar-refractivity contribution in [3.63, 3.8) is 0 Å². The van der Waals surface area contributed by atoms with Gasteiger partial charge in [0.05, 0.1) is 6.26 Å². The van der Waals surface area contributed by atoms with E-state index in [0.717, 1.165) is 0 Å². The van der Waals surface area contributed by atoms with Crippen molar-refractivity contribution in [3.05, 3.63) is 12.3 Å². The minimum Gasteiger partial charge on any atom is -0.454 e. The molecule has 0 bridgehead atoms. The van der Waals surface area contributed by atoms with Gasteiger partial charge in [-0.05, 0) is 0 Å². The van der Waals surface area contributed by atoms with Crippen molar-refractivity contribution in [2.24, 2.45) is 4.99 Å². The second kappa shape index (κ2) is 2.26. The topological polar surface area (TPSA) is 38.7 Å². The van der Waals surface area contributed by atoms with Crippen LogP contribution in [-0.4, -0.2) is 18.7 Å². The van der Waals surface area contributed by atoms with E-state index in [1.165, 1.54) is 18.7 Å². The van der Waals surface area contributed by atoms with Crippen LogP contribution in [-0.2, 0) is 9.53 Å². The molecule has 0 fully saturated rings. The summed E-state index contributed by atoms with van der Waals surface area (Å²) in [5, 5.41) is 0. The average molecular weight is 111 g/mol. The van der Waals surface area contributed by atoms with Gasteiger partial charge in [0, 0.05) is 6.08 Å². The Morgan fingerprint density at radius 1 is 1.75 bits per heavy atom. The molecule has 1 aliphatic rings. The first-order valence-electron chi connectivity index (χ1n) is 2.23. The minimum absolute atomic E-state index is 0.0289. The lowest BCUT2D eigenvalue weighted by molar-refractivity contribution is -0.113. The number of rotatable bonds is 0. The lowest BCUT2D eigenvalue weighted by Gasteiger charge is -1.77. The molecule has 1 heterocycles. The molecule has 0 aliphatic carbocycles. The third-order valence-corrected chi connectivity index (χ3v) is 0.715. The molecular weight excluding hydrogens is 106 g/mol. The van der Waals surface area contributed by atoms with Crippen LogP contribution < -0.4 is 0 Å². The molecule has 42 valence electrons. The Balaban J connectivity index is 2.61. The molecule has 0 atom stereocenters. The number of hydrogen-bond donors (Lipinski definition) is 0. The van der Waals surface area contributed by atoms with Crippen LogP contribution in [0.25, 0.3) is 0 Å². The van der Waals surface area contributed by atoms with Gasteiger partial charge >= 0.3 is 0 Å². The van der Waals surface area contributed by atoms with E-state index in [1.54, 1.807) is 0 Å². The largest absolute Gasteiger partial charge is 0.454 e. The van der Waals surface area contributed by atoms with E-state index < -0.39 is 0 Å². The van der Waals surface area contributed by atoms with E-state index in [1.807, 2.05) is 0 Å². The maximum atomic E-state index is 10.4. The Hall–Kier alpha value is -1.12. The molecule has 0 spiro atoms. The second-order valence-electron chi connectivity index (χ2n) is 1.35. The molecule has 0 unspecified atom stereocenters. The molecule has 0 saturated carbocycles. The fourth-order valence-corrected chi connectivity index (χ4v) is 0.373.